The number of hydrogen-bond donors (Lipinski definition) is 3. The number of carbonyl (C=O) groups excluding carboxylic acids is 2. The van der Waals surface area contributed by atoms with Gasteiger partial charge in [-0.05, 0) is 36.4 Å². The highest BCUT2D eigenvalue weighted by Gasteiger charge is 2.15. The Kier molecular flexibility index (Phi) is 8.56. The molecule has 0 aliphatic carbocycles. The molecule has 0 saturated heterocycles. The highest BCUT2D eigenvalue weighted by atomic mass is 35.5. The monoisotopic (exact) mass is 542 g/mol. The van der Waals surface area contributed by atoms with Gasteiger partial charge in [0.15, 0.2) is 23.0 Å². The summed E-state index contributed by atoms with van der Waals surface area (Å²) in [5.74, 6) is -0.253. The largest absolute Gasteiger partial charge is 0.494 e. The van der Waals surface area contributed by atoms with E-state index in [1.165, 1.54) is 13.2 Å². The third kappa shape index (κ3) is 6.28. The van der Waals surface area contributed by atoms with Crippen LogP contribution in [0.15, 0.2) is 55.0 Å². The van der Waals surface area contributed by atoms with Crippen molar-refractivity contribution in [3.63, 3.8) is 0 Å². The maximum atomic E-state index is 14.2. The van der Waals surface area contributed by atoms with Crippen molar-refractivity contribution in [1.82, 2.24) is 19.7 Å². The molecule has 13 heteroatoms. The Hall–Kier alpha value is -4.42. The normalized spacial score (nSPS) is 10.8. The molecule has 0 unspecified atom stereocenters. The number of carbonyl (C=O) groups is 2. The molecule has 0 atom stereocenters. The molecule has 2 heterocycles. The van der Waals surface area contributed by atoms with Gasteiger partial charge in [-0.25, -0.2) is 19.2 Å². The minimum absolute atomic E-state index is 0.0340. The Labute approximate surface area is 221 Å². The molecule has 11 nitrogen and oxygen atoms in total. The second-order valence-corrected chi connectivity index (χ2v) is 8.22. The molecule has 0 saturated carbocycles. The minimum Gasteiger partial charge on any atom is -0.494 e. The van der Waals surface area contributed by atoms with Crippen LogP contribution in [-0.4, -0.2) is 59.8 Å². The van der Waals surface area contributed by atoms with E-state index in [0.717, 1.165) is 0 Å². The number of fused-ring (bicyclic) bond motifs is 1. The summed E-state index contributed by atoms with van der Waals surface area (Å²) in [7, 11) is 1.41. The van der Waals surface area contributed by atoms with Crippen molar-refractivity contribution in [3.8, 4) is 17.0 Å². The van der Waals surface area contributed by atoms with E-state index in [1.807, 2.05) is 0 Å². The molecule has 38 heavy (non-hydrogen) atoms. The number of aromatic nitrogens is 3. The number of nitrogens with two attached hydrogens (primary N) is 1. The minimum atomic E-state index is -0.873. The van der Waals surface area contributed by atoms with Gasteiger partial charge in [0.1, 0.15) is 6.61 Å². The first-order valence-electron chi connectivity index (χ1n) is 11.4. The standard InChI is InChI=1S/C25H24ClFN6O5/c1-36-21-5-2-15(12-19(21)27)20-14-31-23-22(29-6-8-33(20)23)32-16-3-4-17(18(26)13-16)24(34)30-7-9-37-10-11-38-25(28)35/h2-6,8,12-14H,7,9-11H2,1H3,(H2,28,35)(H,29,32)(H,30,34). The Bertz CT molecular complexity index is 1460. The van der Waals surface area contributed by atoms with Gasteiger partial charge in [-0.1, -0.05) is 11.6 Å². The van der Waals surface area contributed by atoms with Crippen molar-refractivity contribution < 1.29 is 28.2 Å². The van der Waals surface area contributed by atoms with E-state index < -0.39 is 11.9 Å². The molecule has 0 spiro atoms. The lowest BCUT2D eigenvalue weighted by Gasteiger charge is -2.11. The molecule has 4 rings (SSSR count). The zero-order valence-corrected chi connectivity index (χ0v) is 21.0. The van der Waals surface area contributed by atoms with E-state index in [2.05, 4.69) is 25.3 Å². The summed E-state index contributed by atoms with van der Waals surface area (Å²) in [4.78, 5) is 31.8. The molecule has 0 radical (unpaired) electrons. The smallest absolute Gasteiger partial charge is 0.404 e. The quantitative estimate of drug-likeness (QED) is 0.243. The summed E-state index contributed by atoms with van der Waals surface area (Å²) in [6.45, 7) is 0.649. The average Bonchev–Trinajstić information content (AvgIpc) is 3.33. The van der Waals surface area contributed by atoms with Crippen molar-refractivity contribution in [3.05, 3.63) is 71.4 Å². The van der Waals surface area contributed by atoms with Gasteiger partial charge >= 0.3 is 6.09 Å². The van der Waals surface area contributed by atoms with Gasteiger partial charge in [-0.15, -0.1) is 0 Å². The van der Waals surface area contributed by atoms with Crippen LogP contribution >= 0.6 is 11.6 Å². The van der Waals surface area contributed by atoms with E-state index in [0.29, 0.717) is 28.4 Å². The fourth-order valence-electron chi connectivity index (χ4n) is 3.60. The molecule has 0 bridgehead atoms. The zero-order valence-electron chi connectivity index (χ0n) is 20.2. The third-order valence-electron chi connectivity index (χ3n) is 5.36. The molecule has 0 fully saturated rings. The summed E-state index contributed by atoms with van der Waals surface area (Å²) in [6, 6.07) is 9.54. The summed E-state index contributed by atoms with van der Waals surface area (Å²) < 4.78 is 30.8. The third-order valence-corrected chi connectivity index (χ3v) is 5.67. The van der Waals surface area contributed by atoms with Crippen LogP contribution in [0.1, 0.15) is 10.4 Å². The first kappa shape index (κ1) is 26.6. The van der Waals surface area contributed by atoms with Crippen molar-refractivity contribution in [2.24, 2.45) is 5.73 Å². The highest BCUT2D eigenvalue weighted by Crippen LogP contribution is 2.29. The lowest BCUT2D eigenvalue weighted by atomic mass is 10.1. The zero-order chi connectivity index (χ0) is 27.1. The Morgan fingerprint density at radius 2 is 1.97 bits per heavy atom. The van der Waals surface area contributed by atoms with Gasteiger partial charge in [0.25, 0.3) is 5.91 Å². The van der Waals surface area contributed by atoms with Crippen LogP contribution in [0.3, 0.4) is 0 Å². The molecule has 198 valence electrons. The lowest BCUT2D eigenvalue weighted by Crippen LogP contribution is -2.28. The predicted molar refractivity (Wildman–Crippen MR) is 138 cm³/mol. The predicted octanol–water partition coefficient (Wildman–Crippen LogP) is 3.78. The van der Waals surface area contributed by atoms with Crippen molar-refractivity contribution in [2.45, 2.75) is 0 Å². The molecule has 2 aromatic carbocycles. The second kappa shape index (κ2) is 12.2. The number of nitrogens with zero attached hydrogens (tertiary/aromatic N) is 3. The second-order valence-electron chi connectivity index (χ2n) is 7.82. The summed E-state index contributed by atoms with van der Waals surface area (Å²) in [5, 5.41) is 6.09. The first-order chi connectivity index (χ1) is 18.4. The number of rotatable bonds is 11. The maximum Gasteiger partial charge on any atom is 0.404 e. The van der Waals surface area contributed by atoms with E-state index in [9.17, 15) is 14.0 Å². The number of benzene rings is 2. The molecule has 0 aliphatic rings. The van der Waals surface area contributed by atoms with E-state index in [4.69, 9.17) is 26.8 Å². The molecule has 0 aliphatic heterocycles. The number of ether oxygens (including phenoxy) is 3. The van der Waals surface area contributed by atoms with Gasteiger partial charge in [-0.2, -0.15) is 0 Å². The molecule has 4 aromatic rings. The van der Waals surface area contributed by atoms with Crippen LogP contribution in [0.2, 0.25) is 5.02 Å². The van der Waals surface area contributed by atoms with E-state index in [-0.39, 0.29) is 48.6 Å². The summed E-state index contributed by atoms with van der Waals surface area (Å²) in [5.41, 5.74) is 7.52. The van der Waals surface area contributed by atoms with Crippen LogP contribution in [0.5, 0.6) is 5.75 Å². The lowest BCUT2D eigenvalue weighted by molar-refractivity contribution is 0.0745. The summed E-state index contributed by atoms with van der Waals surface area (Å²) >= 11 is 6.36. The van der Waals surface area contributed by atoms with Crippen LogP contribution < -0.4 is 21.1 Å². The topological polar surface area (TPSA) is 142 Å². The molecule has 2 aromatic heterocycles. The number of hydrogen-bond acceptors (Lipinski definition) is 8. The number of amides is 2. The van der Waals surface area contributed by atoms with Crippen molar-refractivity contribution >= 4 is 40.8 Å². The van der Waals surface area contributed by atoms with Gasteiger partial charge in [0, 0.05) is 30.2 Å². The summed E-state index contributed by atoms with van der Waals surface area (Å²) in [6.07, 6.45) is 4.06. The van der Waals surface area contributed by atoms with E-state index in [1.54, 1.807) is 53.3 Å². The van der Waals surface area contributed by atoms with Gasteiger partial charge < -0.3 is 30.6 Å². The van der Waals surface area contributed by atoms with Gasteiger partial charge in [0.05, 0.1) is 42.8 Å². The molecular weight excluding hydrogens is 519 g/mol. The Morgan fingerprint density at radius 3 is 2.71 bits per heavy atom. The van der Waals surface area contributed by atoms with Gasteiger partial charge in [0.2, 0.25) is 0 Å². The van der Waals surface area contributed by atoms with Crippen LogP contribution in [0.4, 0.5) is 20.7 Å². The molecule has 4 N–H and O–H groups in total. The Morgan fingerprint density at radius 1 is 1.13 bits per heavy atom. The number of methoxy groups -OCH3 is 1. The van der Waals surface area contributed by atoms with Crippen LogP contribution in [0.25, 0.3) is 16.9 Å². The number of primary amides is 1. The SMILES string of the molecule is COc1ccc(-c2cnc3c(Nc4ccc(C(=O)NCCOCCOC(N)=O)c(Cl)c4)nccn23)cc1F. The Balaban J connectivity index is 1.41. The van der Waals surface area contributed by atoms with Crippen molar-refractivity contribution in [1.29, 1.82) is 0 Å². The number of imidazole rings is 1. The van der Waals surface area contributed by atoms with Crippen molar-refractivity contribution in [2.75, 3.05) is 38.8 Å². The molecule has 2 amide bonds. The fraction of sp³-hybridized carbons (Fsp3) is 0.200. The van der Waals surface area contributed by atoms with Gasteiger partial charge in [-0.3, -0.25) is 9.20 Å². The fourth-order valence-corrected chi connectivity index (χ4v) is 3.86. The average molecular weight is 543 g/mol. The number of anilines is 2. The first-order valence-corrected chi connectivity index (χ1v) is 11.8. The highest BCUT2D eigenvalue weighted by molar-refractivity contribution is 6.34. The number of halogens is 2. The van der Waals surface area contributed by atoms with Crippen LogP contribution in [0, 0.1) is 5.82 Å². The number of nitrogens with one attached hydrogen (secondary N) is 2. The van der Waals surface area contributed by atoms with Crippen LogP contribution in [-0.2, 0) is 9.47 Å². The molecular formula is C25H24ClFN6O5. The van der Waals surface area contributed by atoms with E-state index >= 15 is 0 Å². The maximum absolute atomic E-state index is 14.2.